The number of azo groups is 1. The van der Waals surface area contributed by atoms with Crippen LogP contribution in [0.15, 0.2) is 69.2 Å². The first kappa shape index (κ1) is 19.1. The molecule has 2 heterocycles. The molecule has 0 bridgehead atoms. The molecule has 4 rings (SSSR count). The molecule has 0 amide bonds. The molecule has 8 nitrogen and oxygen atoms in total. The van der Waals surface area contributed by atoms with E-state index in [1.54, 1.807) is 16.8 Å². The van der Waals surface area contributed by atoms with E-state index in [1.807, 2.05) is 42.5 Å². The molecule has 2 aromatic heterocycles. The Bertz CT molecular complexity index is 1160. The maximum absolute atomic E-state index is 6.16. The van der Waals surface area contributed by atoms with Crippen molar-refractivity contribution in [2.24, 2.45) is 10.2 Å². The lowest BCUT2D eigenvalue weighted by Crippen LogP contribution is -1.96. The van der Waals surface area contributed by atoms with E-state index in [1.165, 1.54) is 7.11 Å². The SMILES string of the molecule is COc1c(-c2nnc(CCl)o2)nn(-c2cccc(Cl)c2)c1N=Nc1ccccc1. The molecule has 0 aliphatic heterocycles. The summed E-state index contributed by atoms with van der Waals surface area (Å²) in [5.41, 5.74) is 1.66. The van der Waals surface area contributed by atoms with E-state index < -0.39 is 0 Å². The Hall–Kier alpha value is -3.23. The zero-order valence-electron chi connectivity index (χ0n) is 15.2. The van der Waals surface area contributed by atoms with Crippen LogP contribution in [0.2, 0.25) is 5.02 Å². The number of nitrogens with zero attached hydrogens (tertiary/aromatic N) is 6. The van der Waals surface area contributed by atoms with Gasteiger partial charge in [0, 0.05) is 5.02 Å². The quantitative estimate of drug-likeness (QED) is 0.288. The van der Waals surface area contributed by atoms with Gasteiger partial charge in [0.05, 0.1) is 18.5 Å². The van der Waals surface area contributed by atoms with Crippen LogP contribution in [-0.2, 0) is 5.88 Å². The van der Waals surface area contributed by atoms with E-state index in [2.05, 4.69) is 25.5 Å². The highest BCUT2D eigenvalue weighted by Gasteiger charge is 2.25. The van der Waals surface area contributed by atoms with Crippen LogP contribution in [-0.4, -0.2) is 27.1 Å². The molecule has 2 aromatic carbocycles. The fraction of sp³-hybridized carbons (Fsp3) is 0.105. The van der Waals surface area contributed by atoms with Crippen LogP contribution in [0.5, 0.6) is 5.75 Å². The standard InChI is InChI=1S/C19H14Cl2N6O2/c1-28-17-16(19-25-23-15(11-20)29-19)26-27(14-9-5-6-12(21)10-14)18(17)24-22-13-7-3-2-4-8-13/h2-10H,11H2,1H3. The molecule has 4 aromatic rings. The van der Waals surface area contributed by atoms with E-state index in [-0.39, 0.29) is 17.7 Å². The molecule has 0 spiro atoms. The fourth-order valence-corrected chi connectivity index (χ4v) is 2.89. The number of benzene rings is 2. The number of hydrogen-bond acceptors (Lipinski definition) is 7. The first-order valence-corrected chi connectivity index (χ1v) is 9.39. The van der Waals surface area contributed by atoms with E-state index in [9.17, 15) is 0 Å². The van der Waals surface area contributed by atoms with Crippen LogP contribution in [0.3, 0.4) is 0 Å². The van der Waals surface area contributed by atoms with Gasteiger partial charge in [0.25, 0.3) is 5.89 Å². The van der Waals surface area contributed by atoms with Crippen molar-refractivity contribution in [1.82, 2.24) is 20.0 Å². The van der Waals surface area contributed by atoms with Crippen molar-refractivity contribution >= 4 is 34.7 Å². The van der Waals surface area contributed by atoms with Crippen molar-refractivity contribution in [3.63, 3.8) is 0 Å². The van der Waals surface area contributed by atoms with E-state index in [0.717, 1.165) is 0 Å². The predicted molar refractivity (Wildman–Crippen MR) is 109 cm³/mol. The molecule has 10 heteroatoms. The zero-order chi connectivity index (χ0) is 20.2. The predicted octanol–water partition coefficient (Wildman–Crippen LogP) is 5.74. The lowest BCUT2D eigenvalue weighted by atomic mass is 10.3. The lowest BCUT2D eigenvalue weighted by Gasteiger charge is -2.04. The number of ether oxygens (including phenoxy) is 1. The van der Waals surface area contributed by atoms with Gasteiger partial charge in [-0.3, -0.25) is 0 Å². The van der Waals surface area contributed by atoms with Gasteiger partial charge in [-0.2, -0.15) is 5.10 Å². The highest BCUT2D eigenvalue weighted by molar-refractivity contribution is 6.30. The van der Waals surface area contributed by atoms with E-state index in [4.69, 9.17) is 32.4 Å². The normalized spacial score (nSPS) is 11.3. The molecule has 0 saturated heterocycles. The van der Waals surface area contributed by atoms with Crippen molar-refractivity contribution in [2.75, 3.05) is 7.11 Å². The summed E-state index contributed by atoms with van der Waals surface area (Å²) in [5, 5.41) is 21.6. The van der Waals surface area contributed by atoms with Gasteiger partial charge in [0.1, 0.15) is 5.88 Å². The Morgan fingerprint density at radius 1 is 1.07 bits per heavy atom. The third-order valence-corrected chi connectivity index (χ3v) is 4.34. The molecule has 0 aliphatic carbocycles. The smallest absolute Gasteiger partial charge is 0.272 e. The Kier molecular flexibility index (Phi) is 5.55. The molecule has 0 fully saturated rings. The average Bonchev–Trinajstić information content (AvgIpc) is 3.37. The molecule has 146 valence electrons. The number of alkyl halides is 1. The maximum Gasteiger partial charge on any atom is 0.272 e. The molecule has 0 aliphatic rings. The molecular formula is C19H14Cl2N6O2. The topological polar surface area (TPSA) is 90.7 Å². The molecule has 0 radical (unpaired) electrons. The zero-order valence-corrected chi connectivity index (χ0v) is 16.7. The maximum atomic E-state index is 6.16. The van der Waals surface area contributed by atoms with Crippen molar-refractivity contribution < 1.29 is 9.15 Å². The van der Waals surface area contributed by atoms with Crippen molar-refractivity contribution in [2.45, 2.75) is 5.88 Å². The monoisotopic (exact) mass is 428 g/mol. The van der Waals surface area contributed by atoms with Crippen molar-refractivity contribution in [3.8, 4) is 23.0 Å². The van der Waals surface area contributed by atoms with Crippen LogP contribution in [0.25, 0.3) is 17.3 Å². The largest absolute Gasteiger partial charge is 0.491 e. The van der Waals surface area contributed by atoms with Gasteiger partial charge in [-0.25, -0.2) is 4.68 Å². The first-order valence-electron chi connectivity index (χ1n) is 8.48. The summed E-state index contributed by atoms with van der Waals surface area (Å²) in [5.74, 6) is 1.20. The summed E-state index contributed by atoms with van der Waals surface area (Å²) in [4.78, 5) is 0. The van der Waals surface area contributed by atoms with Crippen molar-refractivity contribution in [1.29, 1.82) is 0 Å². The Morgan fingerprint density at radius 3 is 2.59 bits per heavy atom. The van der Waals surface area contributed by atoms with Crippen LogP contribution >= 0.6 is 23.2 Å². The second-order valence-electron chi connectivity index (χ2n) is 5.77. The van der Waals surface area contributed by atoms with Gasteiger partial charge >= 0.3 is 0 Å². The lowest BCUT2D eigenvalue weighted by molar-refractivity contribution is 0.414. The molecule has 29 heavy (non-hydrogen) atoms. The van der Waals surface area contributed by atoms with Crippen LogP contribution < -0.4 is 4.74 Å². The van der Waals surface area contributed by atoms with Gasteiger partial charge in [0.15, 0.2) is 11.4 Å². The minimum absolute atomic E-state index is 0.0882. The van der Waals surface area contributed by atoms with E-state index in [0.29, 0.717) is 33.7 Å². The Labute approximate surface area is 175 Å². The van der Waals surface area contributed by atoms with Crippen molar-refractivity contribution in [3.05, 3.63) is 65.5 Å². The number of methoxy groups -OCH3 is 1. The number of rotatable bonds is 6. The minimum atomic E-state index is 0.0882. The van der Waals surface area contributed by atoms with Gasteiger partial charge in [-0.1, -0.05) is 35.9 Å². The highest BCUT2D eigenvalue weighted by atomic mass is 35.5. The molecule has 0 N–H and O–H groups in total. The second kappa shape index (κ2) is 8.42. The van der Waals surface area contributed by atoms with Gasteiger partial charge in [-0.05, 0) is 30.3 Å². The summed E-state index contributed by atoms with van der Waals surface area (Å²) in [7, 11) is 1.50. The van der Waals surface area contributed by atoms with Crippen LogP contribution in [0, 0.1) is 0 Å². The summed E-state index contributed by atoms with van der Waals surface area (Å²) in [6.07, 6.45) is 0. The summed E-state index contributed by atoms with van der Waals surface area (Å²) < 4.78 is 12.7. The summed E-state index contributed by atoms with van der Waals surface area (Å²) >= 11 is 11.9. The van der Waals surface area contributed by atoms with Crippen LogP contribution in [0.4, 0.5) is 11.5 Å². The number of hydrogen-bond donors (Lipinski definition) is 0. The Morgan fingerprint density at radius 2 is 1.90 bits per heavy atom. The third-order valence-electron chi connectivity index (χ3n) is 3.88. The molecule has 0 atom stereocenters. The fourth-order valence-electron chi connectivity index (χ4n) is 2.60. The average molecular weight is 429 g/mol. The number of aromatic nitrogens is 4. The van der Waals surface area contributed by atoms with Gasteiger partial charge in [-0.15, -0.1) is 32.0 Å². The molecular weight excluding hydrogens is 415 g/mol. The first-order chi connectivity index (χ1) is 14.2. The van der Waals surface area contributed by atoms with Crippen LogP contribution in [0.1, 0.15) is 5.89 Å². The number of halogens is 2. The summed E-state index contributed by atoms with van der Waals surface area (Å²) in [6, 6.07) is 16.5. The minimum Gasteiger partial charge on any atom is -0.491 e. The molecule has 0 saturated carbocycles. The summed E-state index contributed by atoms with van der Waals surface area (Å²) in [6.45, 7) is 0. The third kappa shape index (κ3) is 3.98. The second-order valence-corrected chi connectivity index (χ2v) is 6.47. The molecule has 0 unspecified atom stereocenters. The van der Waals surface area contributed by atoms with Gasteiger partial charge < -0.3 is 9.15 Å². The van der Waals surface area contributed by atoms with Gasteiger partial charge in [0.2, 0.25) is 11.7 Å². The van der Waals surface area contributed by atoms with E-state index >= 15 is 0 Å². The Balaban J connectivity index is 1.89. The highest BCUT2D eigenvalue weighted by Crippen LogP contribution is 2.40.